The number of carbonyl (C=O) groups excluding carboxylic acids is 1. The summed E-state index contributed by atoms with van der Waals surface area (Å²) in [6, 6.07) is 7.18. The lowest BCUT2D eigenvalue weighted by molar-refractivity contribution is -0.155. The molecule has 1 aromatic carbocycles. The topological polar surface area (TPSA) is 66.8 Å². The van der Waals surface area contributed by atoms with Gasteiger partial charge in [-0.1, -0.05) is 12.1 Å². The molecule has 0 spiro atoms. The van der Waals surface area contributed by atoms with Crippen molar-refractivity contribution in [3.8, 4) is 5.75 Å². The molecule has 5 heteroatoms. The average Bonchev–Trinajstić information content (AvgIpc) is 2.30. The first-order chi connectivity index (χ1) is 8.04. The molecule has 92 valence electrons. The summed E-state index contributed by atoms with van der Waals surface area (Å²) >= 11 is 0. The lowest BCUT2D eigenvalue weighted by Gasteiger charge is -2.14. The van der Waals surface area contributed by atoms with E-state index in [1.165, 1.54) is 7.05 Å². The standard InChI is InChI=1S/C12H15NO4/c1-3-17-10-6-4-9(5-7-10)8-13(2)11(14)12(15)16/h4-7H,3,8H2,1-2H3,(H,15,16). The van der Waals surface area contributed by atoms with Gasteiger partial charge in [-0.05, 0) is 24.6 Å². The van der Waals surface area contributed by atoms with E-state index >= 15 is 0 Å². The first-order valence-electron chi connectivity index (χ1n) is 5.24. The van der Waals surface area contributed by atoms with Crippen LogP contribution in [-0.2, 0) is 16.1 Å². The van der Waals surface area contributed by atoms with Crippen LogP contribution in [0.1, 0.15) is 12.5 Å². The van der Waals surface area contributed by atoms with Crippen LogP contribution in [0.5, 0.6) is 5.75 Å². The molecule has 0 aliphatic carbocycles. The Hall–Kier alpha value is -2.04. The SMILES string of the molecule is CCOc1ccc(CN(C)C(=O)C(=O)O)cc1. The van der Waals surface area contributed by atoms with Crippen LogP contribution in [0.15, 0.2) is 24.3 Å². The smallest absolute Gasteiger partial charge is 0.394 e. The van der Waals surface area contributed by atoms with E-state index in [0.29, 0.717) is 6.61 Å². The van der Waals surface area contributed by atoms with Crippen molar-refractivity contribution < 1.29 is 19.4 Å². The molecule has 1 rings (SSSR count). The molecule has 1 N–H and O–H groups in total. The molecule has 17 heavy (non-hydrogen) atoms. The Kier molecular flexibility index (Phi) is 4.51. The number of likely N-dealkylation sites (N-methyl/N-ethyl adjacent to an activating group) is 1. The van der Waals surface area contributed by atoms with Gasteiger partial charge in [-0.2, -0.15) is 0 Å². The van der Waals surface area contributed by atoms with Gasteiger partial charge in [0.1, 0.15) is 5.75 Å². The number of carboxylic acids is 1. The van der Waals surface area contributed by atoms with Gasteiger partial charge < -0.3 is 14.7 Å². The number of nitrogens with zero attached hydrogens (tertiary/aromatic N) is 1. The first-order valence-corrected chi connectivity index (χ1v) is 5.24. The highest BCUT2D eigenvalue weighted by molar-refractivity contribution is 6.31. The zero-order valence-corrected chi connectivity index (χ0v) is 9.84. The summed E-state index contributed by atoms with van der Waals surface area (Å²) in [5, 5.41) is 8.53. The van der Waals surface area contributed by atoms with Crippen LogP contribution in [0.3, 0.4) is 0 Å². The van der Waals surface area contributed by atoms with E-state index in [4.69, 9.17) is 9.84 Å². The minimum Gasteiger partial charge on any atom is -0.494 e. The second-order valence-corrected chi connectivity index (χ2v) is 3.54. The predicted octanol–water partition coefficient (Wildman–Crippen LogP) is 1.13. The summed E-state index contributed by atoms with van der Waals surface area (Å²) in [6.07, 6.45) is 0. The third-order valence-electron chi connectivity index (χ3n) is 2.18. The van der Waals surface area contributed by atoms with E-state index in [2.05, 4.69) is 0 Å². The number of carboxylic acid groups (broad SMARTS) is 1. The van der Waals surface area contributed by atoms with E-state index in [9.17, 15) is 9.59 Å². The number of benzene rings is 1. The minimum absolute atomic E-state index is 0.261. The third-order valence-corrected chi connectivity index (χ3v) is 2.18. The molecule has 0 aromatic heterocycles. The summed E-state index contributed by atoms with van der Waals surface area (Å²) in [7, 11) is 1.45. The fraction of sp³-hybridized carbons (Fsp3) is 0.333. The molecule has 0 aliphatic rings. The van der Waals surface area contributed by atoms with Gasteiger partial charge in [0.25, 0.3) is 0 Å². The second kappa shape index (κ2) is 5.89. The maximum atomic E-state index is 11.1. The molecule has 1 amide bonds. The van der Waals surface area contributed by atoms with Gasteiger partial charge in [0.2, 0.25) is 0 Å². The van der Waals surface area contributed by atoms with Gasteiger partial charge in [0, 0.05) is 13.6 Å². The molecule has 0 heterocycles. The van der Waals surface area contributed by atoms with Crippen molar-refractivity contribution >= 4 is 11.9 Å². The highest BCUT2D eigenvalue weighted by Gasteiger charge is 2.16. The Morgan fingerprint density at radius 1 is 1.29 bits per heavy atom. The second-order valence-electron chi connectivity index (χ2n) is 3.54. The molecule has 0 saturated carbocycles. The Bertz CT molecular complexity index is 399. The number of aliphatic carboxylic acids is 1. The highest BCUT2D eigenvalue weighted by Crippen LogP contribution is 2.13. The number of hydrogen-bond donors (Lipinski definition) is 1. The summed E-state index contributed by atoms with van der Waals surface area (Å²) in [6.45, 7) is 2.75. The fourth-order valence-electron chi connectivity index (χ4n) is 1.37. The molecule has 1 aromatic rings. The molecule has 0 bridgehead atoms. The van der Waals surface area contributed by atoms with E-state index in [1.54, 1.807) is 24.3 Å². The maximum absolute atomic E-state index is 11.1. The van der Waals surface area contributed by atoms with Gasteiger partial charge in [0.15, 0.2) is 0 Å². The first kappa shape index (κ1) is 13.0. The van der Waals surface area contributed by atoms with Gasteiger partial charge in [-0.25, -0.2) is 4.79 Å². The Balaban J connectivity index is 2.63. The van der Waals surface area contributed by atoms with Crippen LogP contribution in [0, 0.1) is 0 Å². The molecule has 0 aliphatic heterocycles. The van der Waals surface area contributed by atoms with Crippen LogP contribution >= 0.6 is 0 Å². The van der Waals surface area contributed by atoms with Gasteiger partial charge in [0.05, 0.1) is 6.61 Å². The fourth-order valence-corrected chi connectivity index (χ4v) is 1.37. The van der Waals surface area contributed by atoms with Crippen LogP contribution in [0.2, 0.25) is 0 Å². The van der Waals surface area contributed by atoms with Gasteiger partial charge in [-0.3, -0.25) is 4.79 Å². The summed E-state index contributed by atoms with van der Waals surface area (Å²) in [5.41, 5.74) is 0.852. The minimum atomic E-state index is -1.45. The van der Waals surface area contributed by atoms with Crippen LogP contribution in [0.4, 0.5) is 0 Å². The molecular formula is C12H15NO4. The van der Waals surface area contributed by atoms with Crippen molar-refractivity contribution in [2.45, 2.75) is 13.5 Å². The van der Waals surface area contributed by atoms with Crippen molar-refractivity contribution in [1.29, 1.82) is 0 Å². The molecule has 0 fully saturated rings. The normalized spacial score (nSPS) is 9.76. The number of rotatable bonds is 4. The number of amides is 1. The quantitative estimate of drug-likeness (QED) is 0.797. The zero-order chi connectivity index (χ0) is 12.8. The largest absolute Gasteiger partial charge is 0.494 e. The summed E-state index contributed by atoms with van der Waals surface area (Å²) < 4.78 is 5.28. The third kappa shape index (κ3) is 3.79. The van der Waals surface area contributed by atoms with Gasteiger partial charge in [-0.15, -0.1) is 0 Å². The van der Waals surface area contributed by atoms with Crippen molar-refractivity contribution in [3.63, 3.8) is 0 Å². The molecule has 0 unspecified atom stereocenters. The molecule has 5 nitrogen and oxygen atoms in total. The lowest BCUT2D eigenvalue weighted by atomic mass is 10.2. The summed E-state index contributed by atoms with van der Waals surface area (Å²) in [5.74, 6) is -1.61. The van der Waals surface area contributed by atoms with E-state index in [1.807, 2.05) is 6.92 Å². The van der Waals surface area contributed by atoms with Crippen molar-refractivity contribution in [2.75, 3.05) is 13.7 Å². The predicted molar refractivity (Wildman–Crippen MR) is 61.7 cm³/mol. The number of carbonyl (C=O) groups is 2. The molecule has 0 radical (unpaired) electrons. The van der Waals surface area contributed by atoms with Crippen molar-refractivity contribution in [3.05, 3.63) is 29.8 Å². The van der Waals surface area contributed by atoms with Crippen LogP contribution < -0.4 is 4.74 Å². The van der Waals surface area contributed by atoms with Crippen molar-refractivity contribution in [1.82, 2.24) is 4.90 Å². The van der Waals surface area contributed by atoms with Crippen LogP contribution in [0.25, 0.3) is 0 Å². The Labute approximate surface area is 99.6 Å². The number of ether oxygens (including phenoxy) is 1. The van der Waals surface area contributed by atoms with Crippen LogP contribution in [-0.4, -0.2) is 35.5 Å². The van der Waals surface area contributed by atoms with E-state index < -0.39 is 11.9 Å². The monoisotopic (exact) mass is 237 g/mol. The molecule has 0 atom stereocenters. The maximum Gasteiger partial charge on any atom is 0.394 e. The lowest BCUT2D eigenvalue weighted by Crippen LogP contribution is -2.32. The number of hydrogen-bond acceptors (Lipinski definition) is 3. The highest BCUT2D eigenvalue weighted by atomic mass is 16.5. The Morgan fingerprint density at radius 2 is 1.88 bits per heavy atom. The van der Waals surface area contributed by atoms with E-state index in [-0.39, 0.29) is 6.54 Å². The zero-order valence-electron chi connectivity index (χ0n) is 9.84. The molecular weight excluding hydrogens is 222 g/mol. The Morgan fingerprint density at radius 3 is 2.35 bits per heavy atom. The van der Waals surface area contributed by atoms with Crippen molar-refractivity contribution in [2.24, 2.45) is 0 Å². The molecule has 0 saturated heterocycles. The average molecular weight is 237 g/mol. The van der Waals surface area contributed by atoms with Gasteiger partial charge >= 0.3 is 11.9 Å². The van der Waals surface area contributed by atoms with E-state index in [0.717, 1.165) is 16.2 Å². The summed E-state index contributed by atoms with van der Waals surface area (Å²) in [4.78, 5) is 22.7.